The molecule has 1 aromatic heterocycles. The lowest BCUT2D eigenvalue weighted by Gasteiger charge is -2.20. The quantitative estimate of drug-likeness (QED) is 0.861. The summed E-state index contributed by atoms with van der Waals surface area (Å²) in [6, 6.07) is 8.91. The van der Waals surface area contributed by atoms with Gasteiger partial charge in [0.25, 0.3) is 0 Å². The minimum absolute atomic E-state index is 0.0548. The molecule has 0 aliphatic carbocycles. The van der Waals surface area contributed by atoms with Crippen molar-refractivity contribution < 1.29 is 19.1 Å². The molecule has 0 spiro atoms. The maximum atomic E-state index is 12.5. The Kier molecular flexibility index (Phi) is 5.67. The van der Waals surface area contributed by atoms with Crippen molar-refractivity contribution in [2.24, 2.45) is 5.92 Å². The summed E-state index contributed by atoms with van der Waals surface area (Å²) in [7, 11) is 1.67. The SMILES string of the molecule is Cc1oc(CN(C)C(=O)C(C)Cc2ccccc2Cl)cc1C(=O)O. The molecule has 0 aliphatic rings. The molecule has 1 amide bonds. The number of nitrogens with zero attached hydrogens (tertiary/aromatic N) is 1. The van der Waals surface area contributed by atoms with Crippen molar-refractivity contribution in [2.75, 3.05) is 7.05 Å². The number of aromatic carboxylic acids is 1. The van der Waals surface area contributed by atoms with Crippen molar-refractivity contribution in [3.8, 4) is 0 Å². The molecule has 2 aromatic rings. The van der Waals surface area contributed by atoms with Gasteiger partial charge in [0, 0.05) is 18.0 Å². The van der Waals surface area contributed by atoms with Gasteiger partial charge in [-0.15, -0.1) is 0 Å². The van der Waals surface area contributed by atoms with Crippen LogP contribution >= 0.6 is 11.6 Å². The number of rotatable bonds is 6. The van der Waals surface area contributed by atoms with Crippen LogP contribution < -0.4 is 0 Å². The predicted octanol–water partition coefficient (Wildman–Crippen LogP) is 3.78. The molecule has 1 aromatic carbocycles. The van der Waals surface area contributed by atoms with E-state index in [1.807, 2.05) is 25.1 Å². The number of carbonyl (C=O) groups excluding carboxylic acids is 1. The zero-order valence-electron chi connectivity index (χ0n) is 13.9. The number of carboxylic acid groups (broad SMARTS) is 1. The number of aryl methyl sites for hydroxylation is 1. The van der Waals surface area contributed by atoms with Gasteiger partial charge < -0.3 is 14.4 Å². The minimum Gasteiger partial charge on any atom is -0.478 e. The fourth-order valence-electron chi connectivity index (χ4n) is 2.60. The molecule has 0 saturated carbocycles. The molecule has 0 bridgehead atoms. The van der Waals surface area contributed by atoms with E-state index in [1.54, 1.807) is 20.0 Å². The predicted molar refractivity (Wildman–Crippen MR) is 91.2 cm³/mol. The average molecular weight is 350 g/mol. The van der Waals surface area contributed by atoms with Crippen LogP contribution in [0.3, 0.4) is 0 Å². The van der Waals surface area contributed by atoms with Crippen LogP contribution in [0.15, 0.2) is 34.7 Å². The van der Waals surface area contributed by atoms with Crippen LogP contribution in [-0.4, -0.2) is 28.9 Å². The Bertz CT molecular complexity index is 753. The van der Waals surface area contributed by atoms with Gasteiger partial charge in [0.05, 0.1) is 6.54 Å². The van der Waals surface area contributed by atoms with E-state index < -0.39 is 5.97 Å². The normalized spacial score (nSPS) is 12.0. The van der Waals surface area contributed by atoms with Crippen LogP contribution in [0.5, 0.6) is 0 Å². The molecule has 128 valence electrons. The van der Waals surface area contributed by atoms with E-state index in [0.717, 1.165) is 5.56 Å². The number of furan rings is 1. The molecule has 0 fully saturated rings. The van der Waals surface area contributed by atoms with Crippen LogP contribution in [0, 0.1) is 12.8 Å². The number of halogens is 1. The molecular weight excluding hydrogens is 330 g/mol. The monoisotopic (exact) mass is 349 g/mol. The van der Waals surface area contributed by atoms with Crippen LogP contribution in [0.25, 0.3) is 0 Å². The highest BCUT2D eigenvalue weighted by Gasteiger charge is 2.21. The van der Waals surface area contributed by atoms with Crippen molar-refractivity contribution in [3.63, 3.8) is 0 Å². The summed E-state index contributed by atoms with van der Waals surface area (Å²) in [4.78, 5) is 25.1. The third-order valence-electron chi connectivity index (χ3n) is 3.87. The molecule has 6 heteroatoms. The Hall–Kier alpha value is -2.27. The Morgan fingerprint density at radius 1 is 1.33 bits per heavy atom. The second-order valence-electron chi connectivity index (χ2n) is 5.88. The van der Waals surface area contributed by atoms with Gasteiger partial charge in [-0.1, -0.05) is 36.7 Å². The second-order valence-corrected chi connectivity index (χ2v) is 6.29. The van der Waals surface area contributed by atoms with Crippen molar-refractivity contribution in [1.29, 1.82) is 0 Å². The first-order chi connectivity index (χ1) is 11.3. The fourth-order valence-corrected chi connectivity index (χ4v) is 2.82. The van der Waals surface area contributed by atoms with Gasteiger partial charge in [-0.3, -0.25) is 4.79 Å². The standard InChI is InChI=1S/C18H20ClNO4/c1-11(8-13-6-4-5-7-16(13)19)17(21)20(3)10-14-9-15(18(22)23)12(2)24-14/h4-7,9,11H,8,10H2,1-3H3,(H,22,23). The summed E-state index contributed by atoms with van der Waals surface area (Å²) in [6.45, 7) is 3.66. The number of benzene rings is 1. The summed E-state index contributed by atoms with van der Waals surface area (Å²) >= 11 is 6.14. The van der Waals surface area contributed by atoms with Gasteiger partial charge in [-0.05, 0) is 31.0 Å². The van der Waals surface area contributed by atoms with Crippen molar-refractivity contribution >= 4 is 23.5 Å². The maximum absolute atomic E-state index is 12.5. The Morgan fingerprint density at radius 3 is 2.58 bits per heavy atom. The lowest BCUT2D eigenvalue weighted by molar-refractivity contribution is -0.134. The van der Waals surface area contributed by atoms with Crippen molar-refractivity contribution in [2.45, 2.75) is 26.8 Å². The second kappa shape index (κ2) is 7.53. The van der Waals surface area contributed by atoms with E-state index in [2.05, 4.69) is 0 Å². The first-order valence-corrected chi connectivity index (χ1v) is 7.98. The third kappa shape index (κ3) is 4.17. The summed E-state index contributed by atoms with van der Waals surface area (Å²) in [5.74, 6) is -0.553. The molecule has 24 heavy (non-hydrogen) atoms. The third-order valence-corrected chi connectivity index (χ3v) is 4.24. The van der Waals surface area contributed by atoms with Gasteiger partial charge in [0.2, 0.25) is 5.91 Å². The van der Waals surface area contributed by atoms with Gasteiger partial charge in [-0.25, -0.2) is 4.79 Å². The summed E-state index contributed by atoms with van der Waals surface area (Å²) in [5.41, 5.74) is 1.05. The maximum Gasteiger partial charge on any atom is 0.339 e. The smallest absolute Gasteiger partial charge is 0.339 e. The van der Waals surface area contributed by atoms with Gasteiger partial charge >= 0.3 is 5.97 Å². The first kappa shape index (κ1) is 18.1. The number of hydrogen-bond acceptors (Lipinski definition) is 3. The highest BCUT2D eigenvalue weighted by molar-refractivity contribution is 6.31. The average Bonchev–Trinajstić information content (AvgIpc) is 2.89. The number of carboxylic acids is 1. The van der Waals surface area contributed by atoms with Crippen molar-refractivity contribution in [1.82, 2.24) is 4.90 Å². The van der Waals surface area contributed by atoms with E-state index in [1.165, 1.54) is 11.0 Å². The van der Waals surface area contributed by atoms with E-state index >= 15 is 0 Å². The fraction of sp³-hybridized carbons (Fsp3) is 0.333. The summed E-state index contributed by atoms with van der Waals surface area (Å²) < 4.78 is 5.42. The van der Waals surface area contributed by atoms with E-state index in [-0.39, 0.29) is 23.9 Å². The topological polar surface area (TPSA) is 70.8 Å². The number of amides is 1. The zero-order valence-corrected chi connectivity index (χ0v) is 14.6. The van der Waals surface area contributed by atoms with Crippen LogP contribution in [0.4, 0.5) is 0 Å². The highest BCUT2D eigenvalue weighted by Crippen LogP contribution is 2.21. The molecule has 0 radical (unpaired) electrons. The van der Waals surface area contributed by atoms with Gasteiger partial charge in [-0.2, -0.15) is 0 Å². The molecule has 0 aliphatic heterocycles. The van der Waals surface area contributed by atoms with Gasteiger partial charge in [0.1, 0.15) is 17.1 Å². The molecule has 0 saturated heterocycles. The van der Waals surface area contributed by atoms with Gasteiger partial charge in [0.15, 0.2) is 0 Å². The summed E-state index contributed by atoms with van der Waals surface area (Å²) in [5, 5.41) is 9.69. The molecular formula is C18H20ClNO4. The molecule has 1 unspecified atom stereocenters. The summed E-state index contributed by atoms with van der Waals surface area (Å²) in [6.07, 6.45) is 0.542. The molecule has 2 rings (SSSR count). The molecule has 1 atom stereocenters. The molecule has 1 heterocycles. The Balaban J connectivity index is 2.02. The first-order valence-electron chi connectivity index (χ1n) is 7.60. The van der Waals surface area contributed by atoms with Crippen LogP contribution in [0.1, 0.15) is 34.4 Å². The van der Waals surface area contributed by atoms with E-state index in [0.29, 0.717) is 23.0 Å². The molecule has 1 N–H and O–H groups in total. The molecule has 5 nitrogen and oxygen atoms in total. The van der Waals surface area contributed by atoms with Crippen LogP contribution in [-0.2, 0) is 17.8 Å². The van der Waals surface area contributed by atoms with E-state index in [9.17, 15) is 9.59 Å². The van der Waals surface area contributed by atoms with E-state index in [4.69, 9.17) is 21.1 Å². The minimum atomic E-state index is -1.04. The van der Waals surface area contributed by atoms with Crippen LogP contribution in [0.2, 0.25) is 5.02 Å². The largest absolute Gasteiger partial charge is 0.478 e. The lowest BCUT2D eigenvalue weighted by Crippen LogP contribution is -2.32. The number of carbonyl (C=O) groups is 2. The Morgan fingerprint density at radius 2 is 2.00 bits per heavy atom. The lowest BCUT2D eigenvalue weighted by atomic mass is 10.00. The Labute approximate surface area is 145 Å². The zero-order chi connectivity index (χ0) is 17.9. The number of hydrogen-bond donors (Lipinski definition) is 1. The van der Waals surface area contributed by atoms with Crippen molar-refractivity contribution in [3.05, 3.63) is 58.0 Å². The highest BCUT2D eigenvalue weighted by atomic mass is 35.5.